The molecule has 4 nitrogen and oxygen atoms in total. The summed E-state index contributed by atoms with van der Waals surface area (Å²) in [5, 5.41) is 15.6. The van der Waals surface area contributed by atoms with E-state index in [-0.39, 0.29) is 11.7 Å². The first kappa shape index (κ1) is 17.1. The first-order valence-electron chi connectivity index (χ1n) is 8.09. The van der Waals surface area contributed by atoms with Crippen LogP contribution in [0.25, 0.3) is 0 Å². The summed E-state index contributed by atoms with van der Waals surface area (Å²) in [6.07, 6.45) is 1.13. The number of amides is 1. The second kappa shape index (κ2) is 7.42. The van der Waals surface area contributed by atoms with E-state index in [2.05, 4.69) is 10.2 Å². The number of carbonyl (C=O) groups is 1. The average Bonchev–Trinajstić information content (AvgIpc) is 3.11. The van der Waals surface area contributed by atoms with Gasteiger partial charge in [0.2, 0.25) is 0 Å². The molecule has 128 valence electrons. The molecule has 0 spiro atoms. The first-order valence-corrected chi connectivity index (χ1v) is 8.97. The topological polar surface area (TPSA) is 52.6 Å². The number of nitrogens with one attached hydrogen (secondary N) is 1. The number of hydrogen-bond donors (Lipinski definition) is 2. The molecule has 0 radical (unpaired) electrons. The molecule has 0 bridgehead atoms. The van der Waals surface area contributed by atoms with Gasteiger partial charge in [0.15, 0.2) is 0 Å². The number of benzene rings is 1. The molecule has 1 saturated heterocycles. The molecule has 2 heterocycles. The van der Waals surface area contributed by atoms with Gasteiger partial charge in [-0.3, -0.25) is 4.79 Å². The number of rotatable bonds is 5. The number of halogens is 1. The quantitative estimate of drug-likeness (QED) is 0.873. The molecule has 1 fully saturated rings. The van der Waals surface area contributed by atoms with E-state index in [4.69, 9.17) is 0 Å². The van der Waals surface area contributed by atoms with E-state index >= 15 is 0 Å². The second-order valence-corrected chi connectivity index (χ2v) is 7.06. The van der Waals surface area contributed by atoms with Crippen LogP contribution in [0.15, 0.2) is 41.8 Å². The highest BCUT2D eigenvalue weighted by molar-refractivity contribution is 7.12. The lowest BCUT2D eigenvalue weighted by molar-refractivity contribution is -0.0257. The fourth-order valence-corrected chi connectivity index (χ4v) is 3.68. The number of nitrogens with zero attached hydrogens (tertiary/aromatic N) is 1. The smallest absolute Gasteiger partial charge is 0.261 e. The number of thiophene rings is 1. The summed E-state index contributed by atoms with van der Waals surface area (Å²) in [4.78, 5) is 14.8. The highest BCUT2D eigenvalue weighted by Crippen LogP contribution is 2.32. The molecule has 1 aliphatic heterocycles. The molecule has 1 aromatic heterocycles. The van der Waals surface area contributed by atoms with Crippen LogP contribution >= 0.6 is 11.3 Å². The van der Waals surface area contributed by atoms with E-state index in [0.29, 0.717) is 29.8 Å². The third-order valence-corrected chi connectivity index (χ3v) is 5.37. The van der Waals surface area contributed by atoms with E-state index in [1.165, 1.54) is 23.5 Å². The van der Waals surface area contributed by atoms with Gasteiger partial charge in [-0.25, -0.2) is 4.39 Å². The molecule has 2 N–H and O–H groups in total. The Hall–Kier alpha value is -1.76. The minimum Gasteiger partial charge on any atom is -0.385 e. The fraction of sp³-hybridized carbons (Fsp3) is 0.389. The van der Waals surface area contributed by atoms with Crippen LogP contribution < -0.4 is 5.32 Å². The van der Waals surface area contributed by atoms with Gasteiger partial charge >= 0.3 is 0 Å². The van der Waals surface area contributed by atoms with Crippen LogP contribution in [0, 0.1) is 5.82 Å². The molecule has 0 saturated carbocycles. The zero-order valence-electron chi connectivity index (χ0n) is 13.4. The maximum absolute atomic E-state index is 13.4. The largest absolute Gasteiger partial charge is 0.385 e. The maximum atomic E-state index is 13.4. The van der Waals surface area contributed by atoms with Gasteiger partial charge in [-0.05, 0) is 42.0 Å². The van der Waals surface area contributed by atoms with Crippen LogP contribution in [0.1, 0.15) is 28.1 Å². The summed E-state index contributed by atoms with van der Waals surface area (Å²) < 4.78 is 13.4. The van der Waals surface area contributed by atoms with E-state index in [1.807, 2.05) is 11.4 Å². The Morgan fingerprint density at radius 3 is 2.75 bits per heavy atom. The number of hydrogen-bond acceptors (Lipinski definition) is 4. The number of aliphatic hydroxyl groups is 1. The van der Waals surface area contributed by atoms with Crippen molar-refractivity contribution in [1.82, 2.24) is 10.2 Å². The fourth-order valence-electron chi connectivity index (χ4n) is 3.04. The van der Waals surface area contributed by atoms with E-state index in [0.717, 1.165) is 19.6 Å². The lowest BCUT2D eigenvalue weighted by Gasteiger charge is -2.38. The Morgan fingerprint density at radius 2 is 2.08 bits per heavy atom. The Kier molecular flexibility index (Phi) is 5.28. The van der Waals surface area contributed by atoms with Gasteiger partial charge in [0.1, 0.15) is 5.82 Å². The summed E-state index contributed by atoms with van der Waals surface area (Å²) in [7, 11) is 0. The van der Waals surface area contributed by atoms with Crippen LogP contribution in [0.2, 0.25) is 0 Å². The van der Waals surface area contributed by atoms with Gasteiger partial charge in [-0.15, -0.1) is 11.3 Å². The van der Waals surface area contributed by atoms with Crippen molar-refractivity contribution in [2.24, 2.45) is 0 Å². The first-order chi connectivity index (χ1) is 11.6. The Morgan fingerprint density at radius 1 is 1.29 bits per heavy atom. The molecular formula is C18H21FN2O2S. The van der Waals surface area contributed by atoms with Crippen LogP contribution in [0.3, 0.4) is 0 Å². The molecule has 0 unspecified atom stereocenters. The Balaban J connectivity index is 1.46. The lowest BCUT2D eigenvalue weighted by atomic mass is 9.84. The summed E-state index contributed by atoms with van der Waals surface area (Å²) in [5.41, 5.74) is -0.313. The van der Waals surface area contributed by atoms with Gasteiger partial charge in [-0.2, -0.15) is 0 Å². The predicted octanol–water partition coefficient (Wildman–Crippen LogP) is 2.60. The van der Waals surface area contributed by atoms with Gasteiger partial charge in [-0.1, -0.05) is 18.2 Å². The summed E-state index contributed by atoms with van der Waals surface area (Å²) in [5.74, 6) is -0.363. The summed E-state index contributed by atoms with van der Waals surface area (Å²) in [6.45, 7) is 2.77. The molecular weight excluding hydrogens is 327 g/mol. The van der Waals surface area contributed by atoms with Crippen molar-refractivity contribution in [3.05, 3.63) is 58.0 Å². The van der Waals surface area contributed by atoms with E-state index < -0.39 is 5.60 Å². The third-order valence-electron chi connectivity index (χ3n) is 4.50. The molecule has 1 amide bonds. The normalized spacial score (nSPS) is 17.6. The molecule has 6 heteroatoms. The van der Waals surface area contributed by atoms with Crippen molar-refractivity contribution < 1.29 is 14.3 Å². The standard InChI is InChI=1S/C18H21FN2O2S/c19-15-4-1-3-14(13-15)18(23)6-9-21(10-7-18)11-8-20-17(22)16-5-2-12-24-16/h1-5,12-13,23H,6-11H2,(H,20,22). The van der Waals surface area contributed by atoms with Gasteiger partial charge in [0.25, 0.3) is 5.91 Å². The number of carbonyl (C=O) groups excluding carboxylic acids is 1. The molecule has 1 aromatic carbocycles. The second-order valence-electron chi connectivity index (χ2n) is 6.12. The Labute approximate surface area is 144 Å². The van der Waals surface area contributed by atoms with Crippen LogP contribution in [-0.4, -0.2) is 42.1 Å². The molecule has 1 aliphatic rings. The minimum absolute atomic E-state index is 0.0433. The molecule has 3 rings (SSSR count). The average molecular weight is 348 g/mol. The highest BCUT2D eigenvalue weighted by atomic mass is 32.1. The van der Waals surface area contributed by atoms with E-state index in [9.17, 15) is 14.3 Å². The zero-order valence-corrected chi connectivity index (χ0v) is 14.2. The van der Waals surface area contributed by atoms with Crippen molar-refractivity contribution in [2.75, 3.05) is 26.2 Å². The third kappa shape index (κ3) is 4.01. The molecule has 0 aliphatic carbocycles. The van der Waals surface area contributed by atoms with Crippen molar-refractivity contribution in [1.29, 1.82) is 0 Å². The van der Waals surface area contributed by atoms with Gasteiger partial charge in [0.05, 0.1) is 10.5 Å². The lowest BCUT2D eigenvalue weighted by Crippen LogP contribution is -2.45. The molecule has 2 aromatic rings. The molecule has 24 heavy (non-hydrogen) atoms. The SMILES string of the molecule is O=C(NCCN1CCC(O)(c2cccc(F)c2)CC1)c1cccs1. The number of likely N-dealkylation sites (tertiary alicyclic amines) is 1. The van der Waals surface area contributed by atoms with Crippen molar-refractivity contribution >= 4 is 17.2 Å². The van der Waals surface area contributed by atoms with Crippen molar-refractivity contribution in [2.45, 2.75) is 18.4 Å². The van der Waals surface area contributed by atoms with Crippen molar-refractivity contribution in [3.63, 3.8) is 0 Å². The maximum Gasteiger partial charge on any atom is 0.261 e. The molecule has 0 atom stereocenters. The van der Waals surface area contributed by atoms with Crippen LogP contribution in [0.4, 0.5) is 4.39 Å². The van der Waals surface area contributed by atoms with Gasteiger partial charge < -0.3 is 15.3 Å². The number of piperidine rings is 1. The predicted molar refractivity (Wildman–Crippen MR) is 92.6 cm³/mol. The summed E-state index contributed by atoms with van der Waals surface area (Å²) >= 11 is 1.43. The van der Waals surface area contributed by atoms with Gasteiger partial charge in [0, 0.05) is 26.2 Å². The monoisotopic (exact) mass is 348 g/mol. The van der Waals surface area contributed by atoms with Crippen molar-refractivity contribution in [3.8, 4) is 0 Å². The summed E-state index contributed by atoms with van der Waals surface area (Å²) in [6, 6.07) is 9.88. The van der Waals surface area contributed by atoms with Crippen LogP contribution in [-0.2, 0) is 5.60 Å². The van der Waals surface area contributed by atoms with Crippen LogP contribution in [0.5, 0.6) is 0 Å². The Bertz CT molecular complexity index is 682. The zero-order chi connectivity index (χ0) is 17.0. The minimum atomic E-state index is -0.960. The van der Waals surface area contributed by atoms with E-state index in [1.54, 1.807) is 18.2 Å². The highest BCUT2D eigenvalue weighted by Gasteiger charge is 2.33.